The molecule has 0 amide bonds. The number of fused-ring (bicyclic) bond motifs is 5. The van der Waals surface area contributed by atoms with Crippen molar-refractivity contribution in [2.24, 2.45) is 0 Å². The summed E-state index contributed by atoms with van der Waals surface area (Å²) in [6.07, 6.45) is 0. The maximum atomic E-state index is 9.04. The Kier molecular flexibility index (Phi) is 2.55. The molecule has 2 aromatic rings. The predicted molar refractivity (Wildman–Crippen MR) is 83.6 cm³/mol. The van der Waals surface area contributed by atoms with E-state index < -0.39 is 18.3 Å². The number of halogens is 2. The second-order valence-corrected chi connectivity index (χ2v) is 5.04. The standard InChI is InChI=1S/C16H14ClNO.ClH/c17-10-5-6-16-12(7-10)14-9-18-8-13(14)11-3-1-2-4-15(11)19-16;/h1-7,13-14,18H,8-9H2;1H/t13-,14-;/m0./s1/i8D,13D,14D;/hD/t8?,13-,14-;. The molecule has 0 aromatic heterocycles. The van der Waals surface area contributed by atoms with E-state index in [-0.39, 0.29) is 19.0 Å². The molecule has 0 radical (unpaired) electrons. The topological polar surface area (TPSA) is 21.3 Å². The number of rotatable bonds is 0. The van der Waals surface area contributed by atoms with E-state index in [1.807, 2.05) is 0 Å². The van der Waals surface area contributed by atoms with Crippen LogP contribution in [0.1, 0.15) is 27.0 Å². The molecule has 2 heterocycles. The summed E-state index contributed by atoms with van der Waals surface area (Å²) in [6.45, 7) is -1.26. The van der Waals surface area contributed by atoms with Gasteiger partial charge in [0.1, 0.15) is 12.9 Å². The molecular formula is C16H15Cl2NO. The normalized spacial score (nSPS) is 37.5. The van der Waals surface area contributed by atoms with Crippen LogP contribution < -0.4 is 10.0 Å². The molecule has 2 aliphatic rings. The average molecular weight is 312 g/mol. The summed E-state index contributed by atoms with van der Waals surface area (Å²) in [5.41, 5.74) is 0.903. The maximum Gasteiger partial charge on any atom is 0.131 e. The Labute approximate surface area is 135 Å². The first-order chi connectivity index (χ1) is 10.9. The van der Waals surface area contributed by atoms with E-state index in [0.717, 1.165) is 5.31 Å². The molecule has 0 saturated carbocycles. The highest BCUT2D eigenvalue weighted by atomic mass is 35.5. The van der Waals surface area contributed by atoms with E-state index in [2.05, 4.69) is 0 Å². The third kappa shape index (κ3) is 2.08. The van der Waals surface area contributed by atoms with Crippen LogP contribution in [0.4, 0.5) is 0 Å². The minimum atomic E-state index is -1.65. The van der Waals surface area contributed by atoms with Gasteiger partial charge in [-0.1, -0.05) is 29.8 Å². The quantitative estimate of drug-likeness (QED) is 0.781. The molecule has 1 unspecified atom stereocenters. The van der Waals surface area contributed by atoms with Crippen LogP contribution in [0.15, 0.2) is 42.5 Å². The Morgan fingerprint density at radius 2 is 2.00 bits per heavy atom. The summed E-state index contributed by atoms with van der Waals surface area (Å²) < 4.78 is 40.4. The van der Waals surface area contributed by atoms with Crippen LogP contribution in [0.25, 0.3) is 0 Å². The smallest absolute Gasteiger partial charge is 0.131 e. The van der Waals surface area contributed by atoms with Gasteiger partial charge in [-0.3, -0.25) is 0 Å². The molecule has 0 bridgehead atoms. The monoisotopic (exact) mass is 311 g/mol. The lowest BCUT2D eigenvalue weighted by Gasteiger charge is -2.17. The highest BCUT2D eigenvalue weighted by molar-refractivity contribution is 6.30. The van der Waals surface area contributed by atoms with Crippen molar-refractivity contribution in [3.05, 3.63) is 58.6 Å². The zero-order valence-electron chi connectivity index (χ0n) is 14.5. The first-order valence-electron chi connectivity index (χ1n) is 8.15. The molecule has 1 fully saturated rings. The van der Waals surface area contributed by atoms with Gasteiger partial charge in [-0.15, -0.1) is 12.4 Å². The van der Waals surface area contributed by atoms with Crippen molar-refractivity contribution in [3.8, 4) is 11.5 Å². The molecule has 0 aliphatic carbocycles. The van der Waals surface area contributed by atoms with E-state index in [0.29, 0.717) is 27.6 Å². The van der Waals surface area contributed by atoms with Gasteiger partial charge in [0.25, 0.3) is 0 Å². The molecule has 1 N–H and O–H groups in total. The molecule has 2 aromatic carbocycles. The highest BCUT2D eigenvalue weighted by Crippen LogP contribution is 2.48. The first-order valence-corrected chi connectivity index (χ1v) is 6.51. The number of hydrogen-bond acceptors (Lipinski definition) is 2. The molecular weight excluding hydrogens is 293 g/mol. The van der Waals surface area contributed by atoms with Crippen LogP contribution in [0.5, 0.6) is 11.5 Å². The Morgan fingerprint density at radius 3 is 2.90 bits per heavy atom. The number of para-hydroxylation sites is 1. The Hall–Kier alpha value is -1.22. The Morgan fingerprint density at radius 1 is 1.20 bits per heavy atom. The van der Waals surface area contributed by atoms with Gasteiger partial charge in [-0.25, -0.2) is 0 Å². The minimum Gasteiger partial charge on any atom is -0.457 e. The number of nitrogens with one attached hydrogen (secondary N) is 1. The lowest BCUT2D eigenvalue weighted by molar-refractivity contribution is 0.476. The first kappa shape index (κ1) is 9.67. The van der Waals surface area contributed by atoms with Crippen LogP contribution in [0.3, 0.4) is 0 Å². The second kappa shape index (κ2) is 5.28. The van der Waals surface area contributed by atoms with Crippen molar-refractivity contribution in [2.75, 3.05) is 13.1 Å². The molecule has 20 heavy (non-hydrogen) atoms. The van der Waals surface area contributed by atoms with Gasteiger partial charge < -0.3 is 10.0 Å². The zero-order valence-corrected chi connectivity index (χ0v) is 12.0. The zero-order chi connectivity index (χ0) is 16.4. The molecule has 3 atom stereocenters. The van der Waals surface area contributed by atoms with Gasteiger partial charge in [0.05, 0.1) is 0 Å². The lowest BCUT2D eigenvalue weighted by Crippen LogP contribution is -2.08. The number of hydrogen-bond donors (Lipinski definition) is 1. The van der Waals surface area contributed by atoms with Crippen molar-refractivity contribution in [3.63, 3.8) is 0 Å². The Bertz CT molecular complexity index is 807. The van der Waals surface area contributed by atoms with E-state index in [4.69, 9.17) is 21.9 Å². The molecule has 1 saturated heterocycles. The molecule has 4 heteroatoms. The molecule has 0 spiro atoms. The van der Waals surface area contributed by atoms with E-state index >= 15 is 0 Å². The van der Waals surface area contributed by atoms with Gasteiger partial charge in [0.2, 0.25) is 0 Å². The second-order valence-electron chi connectivity index (χ2n) is 4.60. The fourth-order valence-corrected chi connectivity index (χ4v) is 2.75. The lowest BCUT2D eigenvalue weighted by atomic mass is 9.84. The highest BCUT2D eigenvalue weighted by Gasteiger charge is 2.35. The predicted octanol–water partition coefficient (Wildman–Crippen LogP) is 4.34. The summed E-state index contributed by atoms with van der Waals surface area (Å²) in [7, 11) is 0. The van der Waals surface area contributed by atoms with Crippen LogP contribution in [-0.4, -0.2) is 13.1 Å². The summed E-state index contributed by atoms with van der Waals surface area (Å²) in [6, 6.07) is 12.0. The largest absolute Gasteiger partial charge is 0.457 e. The summed E-state index contributed by atoms with van der Waals surface area (Å²) in [4.78, 5) is 0. The van der Waals surface area contributed by atoms with Crippen molar-refractivity contribution >= 4 is 24.0 Å². The fraction of sp³-hybridized carbons (Fsp3) is 0.250. The van der Waals surface area contributed by atoms with Crippen molar-refractivity contribution in [1.82, 2.24) is 5.31 Å². The van der Waals surface area contributed by atoms with E-state index in [1.54, 1.807) is 42.5 Å². The van der Waals surface area contributed by atoms with Crippen LogP contribution in [0.2, 0.25) is 6.43 Å². The van der Waals surface area contributed by atoms with Gasteiger partial charge in [-0.05, 0) is 29.8 Å². The average Bonchev–Trinajstić information content (AvgIpc) is 2.66. The van der Waals surface area contributed by atoms with Gasteiger partial charge in [-0.2, -0.15) is 0 Å². The maximum absolute atomic E-state index is 9.04. The third-order valence-corrected chi connectivity index (χ3v) is 3.69. The summed E-state index contributed by atoms with van der Waals surface area (Å²) in [5, 5.41) is 1.43. The van der Waals surface area contributed by atoms with E-state index in [1.165, 1.54) is 0 Å². The van der Waals surface area contributed by atoms with Crippen LogP contribution in [0, 0.1) is 0 Å². The van der Waals surface area contributed by atoms with Crippen LogP contribution in [-0.2, 0) is 0 Å². The Balaban J connectivity index is 0.00000169. The third-order valence-electron chi connectivity index (χ3n) is 3.46. The summed E-state index contributed by atoms with van der Waals surface area (Å²) in [5.74, 6) is -2.27. The molecule has 2 nitrogen and oxygen atoms in total. The summed E-state index contributed by atoms with van der Waals surface area (Å²) >= 11 is 6.10. The molecule has 2 aliphatic heterocycles. The van der Waals surface area contributed by atoms with Gasteiger partial charge in [0, 0.05) is 39.6 Å². The molecule has 4 rings (SSSR count). The number of ether oxygens (including phenoxy) is 1. The fourth-order valence-electron chi connectivity index (χ4n) is 2.58. The van der Waals surface area contributed by atoms with Gasteiger partial charge in [0.15, 0.2) is 0 Å². The number of benzene rings is 2. The minimum absolute atomic E-state index is 0. The SMILES string of the molecule is Cl.[2H]C1N([2H])C[C@@]2([2H])c3cc(Cl)ccc3Oc3ccccc3[C@]12[2H]. The molecule has 104 valence electrons. The van der Waals surface area contributed by atoms with E-state index in [9.17, 15) is 0 Å². The van der Waals surface area contributed by atoms with Crippen molar-refractivity contribution in [1.29, 1.82) is 0 Å². The van der Waals surface area contributed by atoms with Crippen molar-refractivity contribution < 1.29 is 10.3 Å². The van der Waals surface area contributed by atoms with Gasteiger partial charge >= 0.3 is 0 Å². The van der Waals surface area contributed by atoms with Crippen molar-refractivity contribution in [2.45, 2.75) is 11.8 Å². The van der Waals surface area contributed by atoms with Crippen LogP contribution >= 0.6 is 24.0 Å².